The van der Waals surface area contributed by atoms with Crippen LogP contribution < -0.4 is 5.73 Å². The van der Waals surface area contributed by atoms with E-state index < -0.39 is 0 Å². The molecule has 114 valence electrons. The lowest BCUT2D eigenvalue weighted by Crippen LogP contribution is -2.38. The Kier molecular flexibility index (Phi) is 5.51. The molecule has 1 amide bonds. The lowest BCUT2D eigenvalue weighted by molar-refractivity contribution is -0.119. The Bertz CT molecular complexity index is 496. The summed E-state index contributed by atoms with van der Waals surface area (Å²) in [5.41, 5.74) is 7.21. The van der Waals surface area contributed by atoms with Crippen molar-refractivity contribution in [2.45, 2.75) is 32.6 Å². The van der Waals surface area contributed by atoms with Crippen LogP contribution in [0.2, 0.25) is 0 Å². The number of benzene rings is 1. The first-order valence-corrected chi connectivity index (χ1v) is 7.65. The summed E-state index contributed by atoms with van der Waals surface area (Å²) in [6, 6.07) is 7.72. The molecule has 2 rings (SSSR count). The lowest BCUT2D eigenvalue weighted by Gasteiger charge is -2.32. The van der Waals surface area contributed by atoms with Crippen molar-refractivity contribution in [2.24, 2.45) is 11.7 Å². The number of likely N-dealkylation sites (tertiary alicyclic amines) is 1. The van der Waals surface area contributed by atoms with Crippen LogP contribution in [0.3, 0.4) is 0 Å². The van der Waals surface area contributed by atoms with Crippen LogP contribution in [-0.2, 0) is 4.79 Å². The first kappa shape index (κ1) is 15.7. The third kappa shape index (κ3) is 4.97. The average molecular weight is 288 g/mol. The summed E-state index contributed by atoms with van der Waals surface area (Å²) in [6.07, 6.45) is 3.14. The molecule has 1 saturated heterocycles. The number of hydrogen-bond acceptors (Lipinski definition) is 3. The largest absolute Gasteiger partial charge is 0.370 e. The average Bonchev–Trinajstić information content (AvgIpc) is 2.45. The first-order valence-electron chi connectivity index (χ1n) is 7.65. The molecule has 1 aliphatic heterocycles. The molecule has 4 nitrogen and oxygen atoms in total. The zero-order valence-corrected chi connectivity index (χ0v) is 12.7. The molecule has 0 spiro atoms. The number of nitrogens with zero attached hydrogens (tertiary/aromatic N) is 1. The van der Waals surface area contributed by atoms with Gasteiger partial charge >= 0.3 is 0 Å². The minimum absolute atomic E-state index is 0.187. The van der Waals surface area contributed by atoms with Gasteiger partial charge in [0.2, 0.25) is 5.91 Å². The van der Waals surface area contributed by atoms with E-state index >= 15 is 0 Å². The fraction of sp³-hybridized carbons (Fsp3) is 0.529. The highest BCUT2D eigenvalue weighted by molar-refractivity contribution is 5.96. The number of ketones is 1. The van der Waals surface area contributed by atoms with E-state index in [1.807, 2.05) is 31.2 Å². The van der Waals surface area contributed by atoms with Gasteiger partial charge in [0.25, 0.3) is 0 Å². The van der Waals surface area contributed by atoms with Gasteiger partial charge in [0.15, 0.2) is 5.78 Å². The number of nitrogens with two attached hydrogens (primary N) is 1. The fourth-order valence-electron chi connectivity index (χ4n) is 2.95. The van der Waals surface area contributed by atoms with Crippen LogP contribution in [-0.4, -0.2) is 36.2 Å². The van der Waals surface area contributed by atoms with Crippen LogP contribution in [0.15, 0.2) is 24.3 Å². The van der Waals surface area contributed by atoms with Crippen LogP contribution in [0, 0.1) is 12.8 Å². The number of piperidine rings is 1. The molecule has 0 aromatic heterocycles. The van der Waals surface area contributed by atoms with Crippen molar-refractivity contribution >= 4 is 11.7 Å². The van der Waals surface area contributed by atoms with Gasteiger partial charge in [-0.25, -0.2) is 0 Å². The molecule has 1 atom stereocenters. The molecule has 0 radical (unpaired) electrons. The van der Waals surface area contributed by atoms with Crippen molar-refractivity contribution in [1.82, 2.24) is 4.90 Å². The Morgan fingerprint density at radius 3 is 2.67 bits per heavy atom. The van der Waals surface area contributed by atoms with Gasteiger partial charge in [-0.2, -0.15) is 0 Å². The second kappa shape index (κ2) is 7.36. The van der Waals surface area contributed by atoms with Gasteiger partial charge in [-0.1, -0.05) is 29.8 Å². The third-order valence-electron chi connectivity index (χ3n) is 4.12. The number of carbonyl (C=O) groups is 2. The molecule has 1 fully saturated rings. The molecular formula is C17H24N2O2. The zero-order chi connectivity index (χ0) is 15.2. The van der Waals surface area contributed by atoms with E-state index in [1.54, 1.807) is 0 Å². The van der Waals surface area contributed by atoms with Crippen molar-refractivity contribution in [2.75, 3.05) is 19.6 Å². The summed E-state index contributed by atoms with van der Waals surface area (Å²) in [4.78, 5) is 25.4. The van der Waals surface area contributed by atoms with E-state index in [0.29, 0.717) is 18.8 Å². The molecule has 21 heavy (non-hydrogen) atoms. The number of amides is 1. The Labute approximate surface area is 126 Å². The van der Waals surface area contributed by atoms with Gasteiger partial charge in [0.1, 0.15) is 0 Å². The SMILES string of the molecule is Cc1ccc(C(=O)CCN2CCCC(CC(N)=O)C2)cc1. The Balaban J connectivity index is 1.80. The topological polar surface area (TPSA) is 63.4 Å². The van der Waals surface area contributed by atoms with Gasteiger partial charge in [0.05, 0.1) is 0 Å². The Hall–Kier alpha value is -1.68. The second-order valence-corrected chi connectivity index (χ2v) is 6.02. The molecule has 1 unspecified atom stereocenters. The predicted octanol–water partition coefficient (Wildman–Crippen LogP) is 2.16. The second-order valence-electron chi connectivity index (χ2n) is 6.02. The van der Waals surface area contributed by atoms with Gasteiger partial charge in [-0.3, -0.25) is 9.59 Å². The molecule has 1 aliphatic rings. The van der Waals surface area contributed by atoms with E-state index in [-0.39, 0.29) is 11.7 Å². The van der Waals surface area contributed by atoms with Gasteiger partial charge in [-0.05, 0) is 32.2 Å². The summed E-state index contributed by atoms with van der Waals surface area (Å²) >= 11 is 0. The number of hydrogen-bond donors (Lipinski definition) is 1. The summed E-state index contributed by atoms with van der Waals surface area (Å²) in [5, 5.41) is 0. The highest BCUT2D eigenvalue weighted by Crippen LogP contribution is 2.19. The quantitative estimate of drug-likeness (QED) is 0.816. The molecule has 1 heterocycles. The highest BCUT2D eigenvalue weighted by atomic mass is 16.1. The summed E-state index contributed by atoms with van der Waals surface area (Å²) in [7, 11) is 0. The predicted molar refractivity (Wildman–Crippen MR) is 83.1 cm³/mol. The van der Waals surface area contributed by atoms with Crippen LogP contribution in [0.1, 0.15) is 41.6 Å². The number of Topliss-reactive ketones (excluding diaryl/α,β-unsaturated/α-hetero) is 1. The van der Waals surface area contributed by atoms with Gasteiger partial charge in [-0.15, -0.1) is 0 Å². The maximum atomic E-state index is 12.2. The summed E-state index contributed by atoms with van der Waals surface area (Å²) in [6.45, 7) is 4.67. The molecule has 0 aliphatic carbocycles. The number of rotatable bonds is 6. The molecule has 1 aromatic carbocycles. The molecule has 2 N–H and O–H groups in total. The Morgan fingerprint density at radius 1 is 1.29 bits per heavy atom. The highest BCUT2D eigenvalue weighted by Gasteiger charge is 2.21. The van der Waals surface area contributed by atoms with Crippen molar-refractivity contribution in [3.05, 3.63) is 35.4 Å². The van der Waals surface area contributed by atoms with Crippen LogP contribution >= 0.6 is 0 Å². The maximum absolute atomic E-state index is 12.2. The summed E-state index contributed by atoms with van der Waals surface area (Å²) < 4.78 is 0. The van der Waals surface area contributed by atoms with E-state index in [0.717, 1.165) is 43.6 Å². The normalized spacial score (nSPS) is 19.4. The van der Waals surface area contributed by atoms with Crippen LogP contribution in [0.4, 0.5) is 0 Å². The number of aryl methyl sites for hydroxylation is 1. The van der Waals surface area contributed by atoms with Gasteiger partial charge in [0, 0.05) is 31.5 Å². The zero-order valence-electron chi connectivity index (χ0n) is 12.7. The third-order valence-corrected chi connectivity index (χ3v) is 4.12. The number of carbonyl (C=O) groups excluding carboxylic acids is 2. The standard InChI is InChI=1S/C17H24N2O2/c1-13-4-6-15(7-5-13)16(20)8-10-19-9-2-3-14(12-19)11-17(18)21/h4-7,14H,2-3,8-12H2,1H3,(H2,18,21). The minimum atomic E-state index is -0.224. The van der Waals surface area contributed by atoms with E-state index in [4.69, 9.17) is 5.73 Å². The van der Waals surface area contributed by atoms with Crippen molar-refractivity contribution < 1.29 is 9.59 Å². The van der Waals surface area contributed by atoms with Crippen molar-refractivity contribution in [3.63, 3.8) is 0 Å². The van der Waals surface area contributed by atoms with E-state index in [1.165, 1.54) is 0 Å². The molecule has 1 aromatic rings. The molecule has 0 saturated carbocycles. The van der Waals surface area contributed by atoms with Crippen molar-refractivity contribution in [3.8, 4) is 0 Å². The molecule has 0 bridgehead atoms. The smallest absolute Gasteiger partial charge is 0.217 e. The number of primary amides is 1. The summed E-state index contributed by atoms with van der Waals surface area (Å²) in [5.74, 6) is 0.315. The fourth-order valence-corrected chi connectivity index (χ4v) is 2.95. The monoisotopic (exact) mass is 288 g/mol. The molecular weight excluding hydrogens is 264 g/mol. The van der Waals surface area contributed by atoms with Crippen LogP contribution in [0.25, 0.3) is 0 Å². The van der Waals surface area contributed by atoms with E-state index in [9.17, 15) is 9.59 Å². The van der Waals surface area contributed by atoms with E-state index in [2.05, 4.69) is 4.90 Å². The molecule has 4 heteroatoms. The first-order chi connectivity index (χ1) is 10.0. The van der Waals surface area contributed by atoms with Crippen LogP contribution in [0.5, 0.6) is 0 Å². The minimum Gasteiger partial charge on any atom is -0.370 e. The van der Waals surface area contributed by atoms with Gasteiger partial charge < -0.3 is 10.6 Å². The maximum Gasteiger partial charge on any atom is 0.217 e. The van der Waals surface area contributed by atoms with Crippen molar-refractivity contribution in [1.29, 1.82) is 0 Å². The lowest BCUT2D eigenvalue weighted by atomic mass is 9.94. The Morgan fingerprint density at radius 2 is 2.00 bits per heavy atom.